The average Bonchev–Trinajstić information content (AvgIpc) is 3.60. The molecule has 3 aromatic rings. The van der Waals surface area contributed by atoms with Crippen molar-refractivity contribution in [3.63, 3.8) is 0 Å². The molecule has 0 aliphatic carbocycles. The summed E-state index contributed by atoms with van der Waals surface area (Å²) in [6, 6.07) is 9.77. The Kier molecular flexibility index (Phi) is 8.61. The fraction of sp³-hybridized carbons (Fsp3) is 0.423. The Labute approximate surface area is 214 Å². The number of carbonyl (C=O) groups is 2. The molecule has 2 aromatic heterocycles. The van der Waals surface area contributed by atoms with E-state index in [1.807, 2.05) is 31.2 Å². The predicted octanol–water partition coefficient (Wildman–Crippen LogP) is 3.46. The summed E-state index contributed by atoms with van der Waals surface area (Å²) in [5, 5.41) is 12.2. The molecule has 1 saturated heterocycles. The van der Waals surface area contributed by atoms with E-state index >= 15 is 0 Å². The third-order valence-electron chi connectivity index (χ3n) is 6.34. The van der Waals surface area contributed by atoms with E-state index in [-0.39, 0.29) is 30.7 Å². The van der Waals surface area contributed by atoms with Crippen molar-refractivity contribution in [2.75, 3.05) is 38.8 Å². The minimum atomic E-state index is -0.265. The molecule has 1 N–H and O–H groups in total. The Hall–Kier alpha value is -3.37. The average molecular weight is 510 g/mol. The molecule has 1 aliphatic heterocycles. The summed E-state index contributed by atoms with van der Waals surface area (Å²) >= 11 is 1.30. The standard InChI is InChI=1S/C26H31N5O4S/c1-17(20-4-5-22(34-3)21(14-20)13-18-8-11-35-16-18)12-23(32)28-15-24(33)31(2)26-30-29-25(36-26)19-6-9-27-10-7-19/h4-7,9-10,14,17-18H,8,11-13,15-16H2,1-3H3,(H,28,32)/t17-,18?/m0/s1. The molecule has 36 heavy (non-hydrogen) atoms. The minimum absolute atomic E-state index is 0.00611. The first-order valence-corrected chi connectivity index (χ1v) is 12.8. The Morgan fingerprint density at radius 1 is 1.25 bits per heavy atom. The maximum absolute atomic E-state index is 12.6. The monoisotopic (exact) mass is 509 g/mol. The van der Waals surface area contributed by atoms with Gasteiger partial charge in [-0.1, -0.05) is 30.4 Å². The lowest BCUT2D eigenvalue weighted by molar-refractivity contribution is -0.125. The highest BCUT2D eigenvalue weighted by atomic mass is 32.1. The Bertz CT molecular complexity index is 1180. The number of hydrogen-bond acceptors (Lipinski definition) is 8. The first-order chi connectivity index (χ1) is 17.4. The fourth-order valence-electron chi connectivity index (χ4n) is 4.15. The molecule has 2 atom stereocenters. The van der Waals surface area contributed by atoms with Crippen LogP contribution in [0.5, 0.6) is 5.75 Å². The van der Waals surface area contributed by atoms with Crippen molar-refractivity contribution in [1.82, 2.24) is 20.5 Å². The fourth-order valence-corrected chi connectivity index (χ4v) is 4.98. The first kappa shape index (κ1) is 25.7. The summed E-state index contributed by atoms with van der Waals surface area (Å²) in [6.45, 7) is 3.49. The summed E-state index contributed by atoms with van der Waals surface area (Å²) in [5.74, 6) is 0.900. The summed E-state index contributed by atoms with van der Waals surface area (Å²) < 4.78 is 11.1. The minimum Gasteiger partial charge on any atom is -0.496 e. The molecule has 10 heteroatoms. The number of aromatic nitrogens is 3. The van der Waals surface area contributed by atoms with Gasteiger partial charge < -0.3 is 14.8 Å². The third-order valence-corrected chi connectivity index (χ3v) is 7.39. The summed E-state index contributed by atoms with van der Waals surface area (Å²) in [7, 11) is 3.30. The van der Waals surface area contributed by atoms with Crippen LogP contribution in [0, 0.1) is 5.92 Å². The summed E-state index contributed by atoms with van der Waals surface area (Å²) in [5.41, 5.74) is 3.09. The second kappa shape index (κ2) is 12.0. The maximum atomic E-state index is 12.6. The van der Waals surface area contributed by atoms with Gasteiger partial charge in [-0.05, 0) is 54.0 Å². The molecule has 3 heterocycles. The molecule has 0 saturated carbocycles. The lowest BCUT2D eigenvalue weighted by Gasteiger charge is -2.18. The highest BCUT2D eigenvalue weighted by Gasteiger charge is 2.21. The number of ether oxygens (including phenoxy) is 2. The topological polar surface area (TPSA) is 107 Å². The van der Waals surface area contributed by atoms with Gasteiger partial charge in [0.25, 0.3) is 0 Å². The molecule has 1 aliphatic rings. The zero-order valence-electron chi connectivity index (χ0n) is 20.8. The van der Waals surface area contributed by atoms with Crippen molar-refractivity contribution in [3.8, 4) is 16.3 Å². The van der Waals surface area contributed by atoms with Gasteiger partial charge in [0.2, 0.25) is 16.9 Å². The number of benzene rings is 1. The van der Waals surface area contributed by atoms with Crippen molar-refractivity contribution in [1.29, 1.82) is 0 Å². The van der Waals surface area contributed by atoms with E-state index in [2.05, 4.69) is 26.6 Å². The van der Waals surface area contributed by atoms with Gasteiger partial charge >= 0.3 is 0 Å². The van der Waals surface area contributed by atoms with Crippen LogP contribution in [0.1, 0.15) is 36.8 Å². The first-order valence-electron chi connectivity index (χ1n) is 12.0. The maximum Gasteiger partial charge on any atom is 0.247 e. The zero-order chi connectivity index (χ0) is 25.5. The van der Waals surface area contributed by atoms with Crippen LogP contribution in [0.2, 0.25) is 0 Å². The van der Waals surface area contributed by atoms with Crippen LogP contribution in [-0.4, -0.2) is 60.9 Å². The number of methoxy groups -OCH3 is 1. The second-order valence-corrected chi connectivity index (χ2v) is 9.92. The van der Waals surface area contributed by atoms with Crippen molar-refractivity contribution < 1.29 is 19.1 Å². The Morgan fingerprint density at radius 2 is 2.06 bits per heavy atom. The zero-order valence-corrected chi connectivity index (χ0v) is 21.6. The number of nitrogens with one attached hydrogen (secondary N) is 1. The molecule has 190 valence electrons. The number of carbonyl (C=O) groups excluding carboxylic acids is 2. The van der Waals surface area contributed by atoms with E-state index in [9.17, 15) is 9.59 Å². The quantitative estimate of drug-likeness (QED) is 0.446. The van der Waals surface area contributed by atoms with E-state index in [1.54, 1.807) is 26.6 Å². The number of hydrogen-bond donors (Lipinski definition) is 1. The van der Waals surface area contributed by atoms with Crippen LogP contribution in [0.15, 0.2) is 42.7 Å². The van der Waals surface area contributed by atoms with E-state index < -0.39 is 0 Å². The summed E-state index contributed by atoms with van der Waals surface area (Å²) in [6.07, 6.45) is 5.58. The van der Waals surface area contributed by atoms with Gasteiger partial charge in [-0.25, -0.2) is 0 Å². The SMILES string of the molecule is COc1ccc([C@@H](C)CC(=O)NCC(=O)N(C)c2nnc(-c3ccncc3)s2)cc1CC1CCOC1. The number of anilines is 1. The lowest BCUT2D eigenvalue weighted by atomic mass is 9.91. The lowest BCUT2D eigenvalue weighted by Crippen LogP contribution is -2.38. The van der Waals surface area contributed by atoms with Gasteiger partial charge in [-0.3, -0.25) is 19.5 Å². The molecular formula is C26H31N5O4S. The molecule has 1 unspecified atom stereocenters. The second-order valence-electron chi connectivity index (χ2n) is 8.97. The molecule has 0 spiro atoms. The third kappa shape index (κ3) is 6.44. The highest BCUT2D eigenvalue weighted by Crippen LogP contribution is 2.30. The van der Waals surface area contributed by atoms with Gasteiger partial charge in [0.15, 0.2) is 0 Å². The van der Waals surface area contributed by atoms with Gasteiger partial charge in [0, 0.05) is 44.6 Å². The van der Waals surface area contributed by atoms with E-state index in [4.69, 9.17) is 9.47 Å². The van der Waals surface area contributed by atoms with Crippen LogP contribution >= 0.6 is 11.3 Å². The van der Waals surface area contributed by atoms with Gasteiger partial charge in [-0.2, -0.15) is 0 Å². The summed E-state index contributed by atoms with van der Waals surface area (Å²) in [4.78, 5) is 30.7. The molecule has 2 amide bonds. The smallest absolute Gasteiger partial charge is 0.247 e. The molecular weight excluding hydrogens is 478 g/mol. The predicted molar refractivity (Wildman–Crippen MR) is 138 cm³/mol. The number of pyridine rings is 1. The van der Waals surface area contributed by atoms with Crippen LogP contribution in [0.3, 0.4) is 0 Å². The van der Waals surface area contributed by atoms with Crippen molar-refractivity contribution in [2.24, 2.45) is 5.92 Å². The van der Waals surface area contributed by atoms with Crippen molar-refractivity contribution in [2.45, 2.75) is 32.1 Å². The molecule has 1 fully saturated rings. The normalized spacial score (nSPS) is 15.9. The Balaban J connectivity index is 1.30. The molecule has 1 aromatic carbocycles. The van der Waals surface area contributed by atoms with Gasteiger partial charge in [-0.15, -0.1) is 10.2 Å². The van der Waals surface area contributed by atoms with Crippen LogP contribution in [0.4, 0.5) is 5.13 Å². The number of likely N-dealkylation sites (N-methyl/N-ethyl adjacent to an activating group) is 1. The Morgan fingerprint density at radius 3 is 2.78 bits per heavy atom. The molecule has 9 nitrogen and oxygen atoms in total. The molecule has 0 bridgehead atoms. The highest BCUT2D eigenvalue weighted by molar-refractivity contribution is 7.18. The van der Waals surface area contributed by atoms with E-state index in [1.165, 1.54) is 16.2 Å². The van der Waals surface area contributed by atoms with Crippen LogP contribution < -0.4 is 15.0 Å². The molecule has 4 rings (SSSR count). The molecule has 0 radical (unpaired) electrons. The van der Waals surface area contributed by atoms with E-state index in [0.29, 0.717) is 16.1 Å². The number of nitrogens with zero attached hydrogens (tertiary/aromatic N) is 4. The van der Waals surface area contributed by atoms with Crippen LogP contribution in [0.25, 0.3) is 10.6 Å². The van der Waals surface area contributed by atoms with Crippen LogP contribution in [-0.2, 0) is 20.7 Å². The van der Waals surface area contributed by atoms with Gasteiger partial charge in [0.05, 0.1) is 13.7 Å². The van der Waals surface area contributed by atoms with Crippen molar-refractivity contribution >= 4 is 28.3 Å². The van der Waals surface area contributed by atoms with E-state index in [0.717, 1.165) is 48.5 Å². The largest absolute Gasteiger partial charge is 0.496 e. The van der Waals surface area contributed by atoms with Crippen molar-refractivity contribution in [3.05, 3.63) is 53.9 Å². The number of rotatable bonds is 10. The number of amides is 2. The van der Waals surface area contributed by atoms with Gasteiger partial charge in [0.1, 0.15) is 10.8 Å².